The van der Waals surface area contributed by atoms with Crippen molar-refractivity contribution in [1.29, 1.82) is 0 Å². The van der Waals surface area contributed by atoms with E-state index in [1.54, 1.807) is 24.0 Å². The molecule has 5 nitrogen and oxygen atoms in total. The number of ether oxygens (including phenoxy) is 1. The summed E-state index contributed by atoms with van der Waals surface area (Å²) in [5.41, 5.74) is 5.71. The summed E-state index contributed by atoms with van der Waals surface area (Å²) >= 11 is 0. The van der Waals surface area contributed by atoms with E-state index in [2.05, 4.69) is 11.1 Å². The average molecular weight is 423 g/mol. The van der Waals surface area contributed by atoms with Crippen LogP contribution in [0.4, 0.5) is 0 Å². The van der Waals surface area contributed by atoms with Crippen molar-refractivity contribution >= 4 is 11.7 Å². The highest BCUT2D eigenvalue weighted by atomic mass is 16.5. The molecule has 0 aliphatic heterocycles. The molecule has 0 fully saturated rings. The smallest absolute Gasteiger partial charge is 0.406 e. The summed E-state index contributed by atoms with van der Waals surface area (Å²) in [7, 11) is 0. The number of hydrogen-bond donors (Lipinski definition) is 0. The molecule has 158 valence electrons. The lowest BCUT2D eigenvalue weighted by Crippen LogP contribution is -2.40. The maximum absolute atomic E-state index is 13.0. The van der Waals surface area contributed by atoms with Crippen molar-refractivity contribution < 1.29 is 14.2 Å². The summed E-state index contributed by atoms with van der Waals surface area (Å²) in [5.74, 6) is -0.422. The molecule has 0 amide bonds. The molecule has 0 saturated heterocycles. The van der Waals surface area contributed by atoms with Crippen LogP contribution in [0.3, 0.4) is 0 Å². The first-order valence-corrected chi connectivity index (χ1v) is 10.5. The molecule has 0 saturated carbocycles. The standard InChI is InChI=1S/C27H24N3O2/c1-3-32-27(31)26-19-24(22-10-6-4-7-11-22)18-25(23-12-8-5-9-13-23)30(26)29-20(2)21-14-16-28-17-15-21/h4-19H,3H2,1-2H3/q+1. The molecule has 0 unspecified atom stereocenters. The van der Waals surface area contributed by atoms with Crippen LogP contribution in [0.25, 0.3) is 22.4 Å². The van der Waals surface area contributed by atoms with Crippen LogP contribution in [-0.2, 0) is 4.74 Å². The zero-order valence-corrected chi connectivity index (χ0v) is 18.1. The second kappa shape index (κ2) is 9.79. The first-order chi connectivity index (χ1) is 15.7. The van der Waals surface area contributed by atoms with Crippen LogP contribution in [0.15, 0.2) is 102 Å². The van der Waals surface area contributed by atoms with Crippen LogP contribution in [0.1, 0.15) is 29.9 Å². The van der Waals surface area contributed by atoms with E-state index in [1.165, 1.54) is 0 Å². The van der Waals surface area contributed by atoms with Crippen molar-refractivity contribution in [2.24, 2.45) is 5.10 Å². The van der Waals surface area contributed by atoms with Gasteiger partial charge in [0.2, 0.25) is 5.69 Å². The minimum atomic E-state index is -0.422. The molecular weight excluding hydrogens is 398 g/mol. The Morgan fingerprint density at radius 2 is 1.50 bits per heavy atom. The van der Waals surface area contributed by atoms with E-state index < -0.39 is 5.97 Å². The Labute approximate surface area is 187 Å². The highest BCUT2D eigenvalue weighted by Gasteiger charge is 2.28. The van der Waals surface area contributed by atoms with Crippen molar-refractivity contribution in [2.45, 2.75) is 13.8 Å². The van der Waals surface area contributed by atoms with Gasteiger partial charge in [-0.05, 0) is 53.9 Å². The number of carbonyl (C=O) groups excluding carboxylic acids is 1. The van der Waals surface area contributed by atoms with Gasteiger partial charge in [-0.1, -0.05) is 48.5 Å². The Balaban J connectivity index is 2.00. The topological polar surface area (TPSA) is 55.4 Å². The molecule has 0 spiro atoms. The third kappa shape index (κ3) is 4.62. The minimum absolute atomic E-state index is 0.280. The number of benzene rings is 2. The molecule has 2 aromatic carbocycles. The van der Waals surface area contributed by atoms with Crippen molar-refractivity contribution in [3.63, 3.8) is 0 Å². The number of pyridine rings is 2. The third-order valence-electron chi connectivity index (χ3n) is 5.05. The molecule has 0 aliphatic rings. The summed E-state index contributed by atoms with van der Waals surface area (Å²) in [4.78, 5) is 17.1. The van der Waals surface area contributed by atoms with Gasteiger partial charge in [-0.25, -0.2) is 4.79 Å². The predicted octanol–water partition coefficient (Wildman–Crippen LogP) is 5.15. The van der Waals surface area contributed by atoms with Crippen molar-refractivity contribution in [3.8, 4) is 22.4 Å². The number of esters is 1. The predicted molar refractivity (Wildman–Crippen MR) is 125 cm³/mol. The van der Waals surface area contributed by atoms with E-state index >= 15 is 0 Å². The normalized spacial score (nSPS) is 11.2. The van der Waals surface area contributed by atoms with Gasteiger partial charge in [0.25, 0.3) is 0 Å². The fourth-order valence-corrected chi connectivity index (χ4v) is 3.46. The van der Waals surface area contributed by atoms with Gasteiger partial charge in [0, 0.05) is 40.8 Å². The number of rotatable bonds is 6. The third-order valence-corrected chi connectivity index (χ3v) is 5.05. The Bertz CT molecular complexity index is 1240. The van der Waals surface area contributed by atoms with E-state index in [0.29, 0.717) is 5.69 Å². The fraction of sp³-hybridized carbons (Fsp3) is 0.111. The Hall–Kier alpha value is -4.12. The summed E-state index contributed by atoms with van der Waals surface area (Å²) in [5, 5.41) is 4.85. The van der Waals surface area contributed by atoms with Crippen LogP contribution in [0, 0.1) is 0 Å². The second-order valence-corrected chi connectivity index (χ2v) is 7.20. The molecule has 0 atom stereocenters. The molecule has 0 radical (unpaired) electrons. The van der Waals surface area contributed by atoms with E-state index in [1.807, 2.05) is 85.8 Å². The Morgan fingerprint density at radius 1 is 0.875 bits per heavy atom. The zero-order chi connectivity index (χ0) is 22.3. The summed E-state index contributed by atoms with van der Waals surface area (Å²) in [6, 6.07) is 27.6. The van der Waals surface area contributed by atoms with Gasteiger partial charge in [-0.2, -0.15) is 0 Å². The van der Waals surface area contributed by atoms with E-state index in [0.717, 1.165) is 33.7 Å². The van der Waals surface area contributed by atoms with Crippen LogP contribution < -0.4 is 4.68 Å². The summed E-state index contributed by atoms with van der Waals surface area (Å²) < 4.78 is 7.07. The van der Waals surface area contributed by atoms with Gasteiger partial charge in [0.15, 0.2) is 0 Å². The van der Waals surface area contributed by atoms with Gasteiger partial charge in [-0.3, -0.25) is 4.98 Å². The summed E-state index contributed by atoms with van der Waals surface area (Å²) in [6.07, 6.45) is 3.45. The molecule has 4 rings (SSSR count). The molecule has 0 N–H and O–H groups in total. The van der Waals surface area contributed by atoms with Crippen LogP contribution in [-0.4, -0.2) is 23.3 Å². The van der Waals surface area contributed by atoms with Crippen molar-refractivity contribution in [2.75, 3.05) is 6.61 Å². The number of aromatic nitrogens is 2. The van der Waals surface area contributed by atoms with Gasteiger partial charge < -0.3 is 4.74 Å². The van der Waals surface area contributed by atoms with E-state index in [4.69, 9.17) is 9.84 Å². The SMILES string of the molecule is CCOC(=O)c1cc(-c2ccccc2)cc(-c2ccccc2)[n+]1N=C(C)c1ccncc1. The fourth-order valence-electron chi connectivity index (χ4n) is 3.46. The molecule has 2 aromatic heterocycles. The maximum Gasteiger partial charge on any atom is 0.406 e. The molecule has 0 bridgehead atoms. The van der Waals surface area contributed by atoms with Gasteiger partial charge in [0.1, 0.15) is 5.71 Å². The van der Waals surface area contributed by atoms with Gasteiger partial charge in [-0.15, -0.1) is 0 Å². The lowest BCUT2D eigenvalue weighted by atomic mass is 10.0. The quantitative estimate of drug-likeness (QED) is 0.245. The Morgan fingerprint density at radius 3 is 2.12 bits per heavy atom. The van der Waals surface area contributed by atoms with Crippen LogP contribution in [0.5, 0.6) is 0 Å². The Kier molecular flexibility index (Phi) is 6.46. The average Bonchev–Trinajstić information content (AvgIpc) is 2.85. The second-order valence-electron chi connectivity index (χ2n) is 7.20. The monoisotopic (exact) mass is 422 g/mol. The van der Waals surface area contributed by atoms with Crippen LogP contribution in [0.2, 0.25) is 0 Å². The number of hydrogen-bond acceptors (Lipinski definition) is 4. The number of carbonyl (C=O) groups is 1. The molecule has 2 heterocycles. The lowest BCUT2D eigenvalue weighted by molar-refractivity contribution is -0.670. The molecule has 4 aromatic rings. The molecule has 32 heavy (non-hydrogen) atoms. The van der Waals surface area contributed by atoms with Gasteiger partial charge in [0.05, 0.1) is 6.61 Å². The molecule has 0 aliphatic carbocycles. The highest BCUT2D eigenvalue weighted by molar-refractivity contribution is 5.98. The summed E-state index contributed by atoms with van der Waals surface area (Å²) in [6.45, 7) is 3.99. The maximum atomic E-state index is 13.0. The van der Waals surface area contributed by atoms with Crippen molar-refractivity contribution in [3.05, 3.63) is 109 Å². The van der Waals surface area contributed by atoms with Gasteiger partial charge >= 0.3 is 11.7 Å². The zero-order valence-electron chi connectivity index (χ0n) is 18.1. The lowest BCUT2D eigenvalue weighted by Gasteiger charge is -2.09. The van der Waals surface area contributed by atoms with Crippen LogP contribution >= 0.6 is 0 Å². The van der Waals surface area contributed by atoms with Crippen molar-refractivity contribution in [1.82, 2.24) is 4.98 Å². The minimum Gasteiger partial charge on any atom is -0.458 e. The van der Waals surface area contributed by atoms with E-state index in [9.17, 15) is 4.79 Å². The first-order valence-electron chi connectivity index (χ1n) is 10.5. The number of nitrogens with zero attached hydrogens (tertiary/aromatic N) is 3. The van der Waals surface area contributed by atoms with E-state index in [-0.39, 0.29) is 6.61 Å². The first kappa shape index (κ1) is 21.1. The molecule has 5 heteroatoms. The largest absolute Gasteiger partial charge is 0.458 e. The molecular formula is C27H24N3O2+. The highest BCUT2D eigenvalue weighted by Crippen LogP contribution is 2.25.